The molecule has 0 aliphatic rings. The van der Waals surface area contributed by atoms with Gasteiger partial charge in [0.05, 0.1) is 17.9 Å². The van der Waals surface area contributed by atoms with Crippen molar-refractivity contribution >= 4 is 11.7 Å². The van der Waals surface area contributed by atoms with Gasteiger partial charge in [-0.1, -0.05) is 6.07 Å². The number of rotatable bonds is 3. The van der Waals surface area contributed by atoms with Crippen LogP contribution in [-0.2, 0) is 4.74 Å². The number of para-hydroxylation sites is 1. The van der Waals surface area contributed by atoms with E-state index in [1.807, 2.05) is 27.7 Å². The van der Waals surface area contributed by atoms with Gasteiger partial charge < -0.3 is 15.2 Å². The van der Waals surface area contributed by atoms with Gasteiger partial charge in [0.2, 0.25) is 0 Å². The van der Waals surface area contributed by atoms with Gasteiger partial charge in [-0.2, -0.15) is 0 Å². The molecular weight excluding hydrogens is 218 g/mol. The van der Waals surface area contributed by atoms with Crippen molar-refractivity contribution in [3.8, 4) is 5.75 Å². The van der Waals surface area contributed by atoms with Crippen molar-refractivity contribution in [3.05, 3.63) is 23.8 Å². The van der Waals surface area contributed by atoms with Crippen molar-refractivity contribution < 1.29 is 14.3 Å². The minimum atomic E-state index is -0.537. The van der Waals surface area contributed by atoms with Crippen LogP contribution in [0.4, 0.5) is 5.69 Å². The zero-order valence-electron chi connectivity index (χ0n) is 10.7. The second-order valence-corrected chi connectivity index (χ2v) is 4.65. The van der Waals surface area contributed by atoms with Crippen molar-refractivity contribution in [2.24, 2.45) is 0 Å². The number of hydrogen-bond acceptors (Lipinski definition) is 4. The van der Waals surface area contributed by atoms with Crippen molar-refractivity contribution in [2.45, 2.75) is 33.3 Å². The number of carbonyl (C=O) groups excluding carboxylic acids is 1. The Kier molecular flexibility index (Phi) is 3.99. The highest BCUT2D eigenvalue weighted by atomic mass is 16.6. The van der Waals surface area contributed by atoms with Gasteiger partial charge >= 0.3 is 5.97 Å². The average Bonchev–Trinajstić information content (AvgIpc) is 2.18. The van der Waals surface area contributed by atoms with Crippen LogP contribution < -0.4 is 10.5 Å². The predicted molar refractivity (Wildman–Crippen MR) is 67.2 cm³/mol. The van der Waals surface area contributed by atoms with Gasteiger partial charge in [-0.3, -0.25) is 0 Å². The molecule has 0 aliphatic carbocycles. The van der Waals surface area contributed by atoms with Crippen molar-refractivity contribution in [1.29, 1.82) is 0 Å². The number of carbonyl (C=O) groups is 1. The summed E-state index contributed by atoms with van der Waals surface area (Å²) in [6.45, 7) is 7.80. The standard InChI is InChI=1S/C13H19NO3/c1-5-16-10-8-6-7-9(11(10)14)12(15)17-13(2,3)4/h6-8H,5,14H2,1-4H3. The number of nitrogen functional groups attached to an aromatic ring is 1. The van der Waals surface area contributed by atoms with Crippen LogP contribution >= 0.6 is 0 Å². The Labute approximate surface area is 102 Å². The summed E-state index contributed by atoms with van der Waals surface area (Å²) in [5.41, 5.74) is 5.99. The number of anilines is 1. The van der Waals surface area contributed by atoms with E-state index in [4.69, 9.17) is 15.2 Å². The van der Waals surface area contributed by atoms with Gasteiger partial charge in [0.15, 0.2) is 0 Å². The third kappa shape index (κ3) is 3.66. The summed E-state index contributed by atoms with van der Waals surface area (Å²) in [5, 5.41) is 0. The largest absolute Gasteiger partial charge is 0.492 e. The molecule has 0 saturated carbocycles. The molecule has 0 fully saturated rings. The van der Waals surface area contributed by atoms with E-state index >= 15 is 0 Å². The summed E-state index contributed by atoms with van der Waals surface area (Å²) in [5.74, 6) is 0.0763. The zero-order valence-corrected chi connectivity index (χ0v) is 10.7. The fourth-order valence-corrected chi connectivity index (χ4v) is 1.34. The Morgan fingerprint density at radius 1 is 1.35 bits per heavy atom. The maximum absolute atomic E-state index is 11.9. The highest BCUT2D eigenvalue weighted by Gasteiger charge is 2.20. The summed E-state index contributed by atoms with van der Waals surface area (Å²) >= 11 is 0. The average molecular weight is 237 g/mol. The molecule has 1 aromatic rings. The Bertz CT molecular complexity index is 408. The van der Waals surface area contributed by atoms with Crippen LogP contribution in [0.3, 0.4) is 0 Å². The van der Waals surface area contributed by atoms with Crippen LogP contribution in [0.25, 0.3) is 0 Å². The SMILES string of the molecule is CCOc1cccc(C(=O)OC(C)(C)C)c1N. The van der Waals surface area contributed by atoms with Gasteiger partial charge in [0, 0.05) is 0 Å². The summed E-state index contributed by atoms with van der Waals surface area (Å²) in [4.78, 5) is 11.9. The van der Waals surface area contributed by atoms with Crippen LogP contribution in [0, 0.1) is 0 Å². The van der Waals surface area contributed by atoms with E-state index in [2.05, 4.69) is 0 Å². The summed E-state index contributed by atoms with van der Waals surface area (Å²) in [7, 11) is 0. The summed E-state index contributed by atoms with van der Waals surface area (Å²) < 4.78 is 10.6. The zero-order chi connectivity index (χ0) is 13.1. The van der Waals surface area contributed by atoms with Crippen LogP contribution in [-0.4, -0.2) is 18.2 Å². The monoisotopic (exact) mass is 237 g/mol. The first-order valence-electron chi connectivity index (χ1n) is 5.59. The molecule has 0 spiro atoms. The van der Waals surface area contributed by atoms with Crippen LogP contribution in [0.2, 0.25) is 0 Å². The molecule has 0 saturated heterocycles. The lowest BCUT2D eigenvalue weighted by Crippen LogP contribution is -2.24. The molecular formula is C13H19NO3. The number of esters is 1. The minimum absolute atomic E-state index is 0.323. The third-order valence-corrected chi connectivity index (χ3v) is 1.98. The fourth-order valence-electron chi connectivity index (χ4n) is 1.34. The normalized spacial score (nSPS) is 11.1. The number of nitrogens with two attached hydrogens (primary N) is 1. The maximum Gasteiger partial charge on any atom is 0.340 e. The molecule has 0 aromatic heterocycles. The van der Waals surface area contributed by atoms with Gasteiger partial charge in [-0.05, 0) is 39.8 Å². The fraction of sp³-hybridized carbons (Fsp3) is 0.462. The second kappa shape index (κ2) is 5.08. The first-order valence-corrected chi connectivity index (χ1v) is 5.59. The maximum atomic E-state index is 11.9. The van der Waals surface area contributed by atoms with E-state index in [0.29, 0.717) is 23.6 Å². The molecule has 94 valence electrons. The highest BCUT2D eigenvalue weighted by Crippen LogP contribution is 2.26. The van der Waals surface area contributed by atoms with E-state index in [1.165, 1.54) is 0 Å². The molecule has 0 unspecified atom stereocenters. The molecule has 1 rings (SSSR count). The molecule has 0 bridgehead atoms. The van der Waals surface area contributed by atoms with Gasteiger partial charge in [0.1, 0.15) is 11.4 Å². The lowest BCUT2D eigenvalue weighted by Gasteiger charge is -2.20. The van der Waals surface area contributed by atoms with Crippen molar-refractivity contribution in [2.75, 3.05) is 12.3 Å². The summed E-state index contributed by atoms with van der Waals surface area (Å²) in [6, 6.07) is 5.08. The Balaban J connectivity index is 2.98. The minimum Gasteiger partial charge on any atom is -0.492 e. The highest BCUT2D eigenvalue weighted by molar-refractivity contribution is 5.96. The lowest BCUT2D eigenvalue weighted by molar-refractivity contribution is 0.00705. The summed E-state index contributed by atoms with van der Waals surface area (Å²) in [6.07, 6.45) is 0. The molecule has 1 aromatic carbocycles. The molecule has 0 aliphatic heterocycles. The van der Waals surface area contributed by atoms with Gasteiger partial charge in [-0.25, -0.2) is 4.79 Å². The van der Waals surface area contributed by atoms with E-state index in [1.54, 1.807) is 18.2 Å². The van der Waals surface area contributed by atoms with E-state index < -0.39 is 11.6 Å². The first kappa shape index (κ1) is 13.4. The lowest BCUT2D eigenvalue weighted by atomic mass is 10.1. The van der Waals surface area contributed by atoms with E-state index in [0.717, 1.165) is 0 Å². The second-order valence-electron chi connectivity index (χ2n) is 4.65. The molecule has 2 N–H and O–H groups in total. The molecule has 0 radical (unpaired) electrons. The molecule has 0 atom stereocenters. The van der Waals surface area contributed by atoms with E-state index in [-0.39, 0.29) is 0 Å². The van der Waals surface area contributed by atoms with Gasteiger partial charge in [-0.15, -0.1) is 0 Å². The van der Waals surface area contributed by atoms with Crippen LogP contribution in [0.15, 0.2) is 18.2 Å². The number of ether oxygens (including phenoxy) is 2. The Morgan fingerprint density at radius 2 is 2.00 bits per heavy atom. The van der Waals surface area contributed by atoms with E-state index in [9.17, 15) is 4.79 Å². The Hall–Kier alpha value is -1.71. The number of benzene rings is 1. The molecule has 17 heavy (non-hydrogen) atoms. The van der Waals surface area contributed by atoms with Crippen molar-refractivity contribution in [1.82, 2.24) is 0 Å². The van der Waals surface area contributed by atoms with Crippen LogP contribution in [0.5, 0.6) is 5.75 Å². The topological polar surface area (TPSA) is 61.5 Å². The molecule has 0 amide bonds. The quantitative estimate of drug-likeness (QED) is 0.648. The van der Waals surface area contributed by atoms with Crippen molar-refractivity contribution in [3.63, 3.8) is 0 Å². The van der Waals surface area contributed by atoms with Gasteiger partial charge in [0.25, 0.3) is 0 Å². The Morgan fingerprint density at radius 3 is 2.53 bits per heavy atom. The third-order valence-electron chi connectivity index (χ3n) is 1.98. The predicted octanol–water partition coefficient (Wildman–Crippen LogP) is 2.62. The molecule has 0 heterocycles. The van der Waals surface area contributed by atoms with Crippen LogP contribution in [0.1, 0.15) is 38.1 Å². The first-order chi connectivity index (χ1) is 7.85. The number of hydrogen-bond donors (Lipinski definition) is 1. The smallest absolute Gasteiger partial charge is 0.340 e. The molecule has 4 heteroatoms. The molecule has 4 nitrogen and oxygen atoms in total.